The van der Waals surface area contributed by atoms with E-state index in [9.17, 15) is 9.90 Å². The zero-order valence-corrected chi connectivity index (χ0v) is 14.9. The molecule has 1 aromatic heterocycles. The first-order valence-corrected chi connectivity index (χ1v) is 9.47. The van der Waals surface area contributed by atoms with Crippen molar-refractivity contribution in [3.63, 3.8) is 0 Å². The molecule has 2 bridgehead atoms. The zero-order valence-electron chi connectivity index (χ0n) is 14.9. The molecule has 4 aliphatic rings. The Morgan fingerprint density at radius 2 is 2.08 bits per heavy atom. The van der Waals surface area contributed by atoms with Crippen molar-refractivity contribution in [1.29, 1.82) is 0 Å². The van der Waals surface area contributed by atoms with Crippen LogP contribution in [0, 0.1) is 12.8 Å². The van der Waals surface area contributed by atoms with E-state index in [-0.39, 0.29) is 17.9 Å². The molecule has 6 rings (SSSR count). The van der Waals surface area contributed by atoms with Crippen LogP contribution in [0.25, 0.3) is 0 Å². The van der Waals surface area contributed by atoms with Gasteiger partial charge in [0, 0.05) is 24.2 Å². The lowest BCUT2D eigenvalue weighted by Gasteiger charge is -2.51. The van der Waals surface area contributed by atoms with E-state index < -0.39 is 0 Å². The topological polar surface area (TPSA) is 72.5 Å². The van der Waals surface area contributed by atoms with Gasteiger partial charge in [0.25, 0.3) is 5.91 Å². The van der Waals surface area contributed by atoms with E-state index in [2.05, 4.69) is 25.8 Å². The Morgan fingerprint density at radius 1 is 1.27 bits per heavy atom. The fraction of sp³-hybridized carbons (Fsp3) is 0.500. The number of nitrogens with zero attached hydrogens (tertiary/aromatic N) is 3. The number of phenols is 1. The maximum atomic E-state index is 13.3. The van der Waals surface area contributed by atoms with Gasteiger partial charge >= 0.3 is 0 Å². The highest BCUT2D eigenvalue weighted by atomic mass is 16.3. The normalized spacial score (nSPS) is 32.7. The van der Waals surface area contributed by atoms with Crippen molar-refractivity contribution in [3.05, 3.63) is 47.5 Å². The lowest BCUT2D eigenvalue weighted by molar-refractivity contribution is -0.00359. The summed E-state index contributed by atoms with van der Waals surface area (Å²) in [6.07, 6.45) is 3.92. The maximum Gasteiger partial charge on any atom is 0.274 e. The smallest absolute Gasteiger partial charge is 0.274 e. The number of hydrogen-bond acceptors (Lipinski definition) is 4. The second-order valence-corrected chi connectivity index (χ2v) is 7.89. The summed E-state index contributed by atoms with van der Waals surface area (Å²) in [6, 6.07) is 8.13. The quantitative estimate of drug-likeness (QED) is 0.868. The summed E-state index contributed by atoms with van der Waals surface area (Å²) in [5.74, 6) is 1.13. The van der Waals surface area contributed by atoms with Crippen LogP contribution in [0.15, 0.2) is 30.6 Å². The van der Waals surface area contributed by atoms with Crippen LogP contribution < -0.4 is 0 Å². The second kappa shape index (κ2) is 5.84. The van der Waals surface area contributed by atoms with Gasteiger partial charge in [0.05, 0.1) is 12.4 Å². The van der Waals surface area contributed by atoms with E-state index in [1.165, 1.54) is 0 Å². The highest BCUT2D eigenvalue weighted by Gasteiger charge is 2.55. The molecule has 0 aliphatic carbocycles. The number of rotatable bonds is 2. The minimum Gasteiger partial charge on any atom is -0.508 e. The number of carbonyl (C=O) groups excluding carboxylic acids is 1. The molecule has 4 fully saturated rings. The van der Waals surface area contributed by atoms with Crippen molar-refractivity contribution in [2.75, 3.05) is 19.6 Å². The third-order valence-electron chi connectivity index (χ3n) is 6.59. The molecule has 2 N–H and O–H groups in total. The molecule has 4 aliphatic heterocycles. The SMILES string of the molecule is Cc1[nH]cnc1C(=O)N1C[C@@H](c2cccc(O)c2)[C@@H]2[C@H]1C1CCN2CC1. The first-order valence-electron chi connectivity index (χ1n) is 9.47. The van der Waals surface area contributed by atoms with Crippen LogP contribution in [0.5, 0.6) is 5.75 Å². The lowest BCUT2D eigenvalue weighted by Crippen LogP contribution is -2.60. The number of aromatic hydroxyl groups is 1. The van der Waals surface area contributed by atoms with Crippen LogP contribution in [0.2, 0.25) is 0 Å². The van der Waals surface area contributed by atoms with Crippen molar-refractivity contribution >= 4 is 5.91 Å². The van der Waals surface area contributed by atoms with Crippen LogP contribution in [0.1, 0.15) is 40.5 Å². The Morgan fingerprint density at radius 3 is 2.77 bits per heavy atom. The van der Waals surface area contributed by atoms with Crippen molar-refractivity contribution in [1.82, 2.24) is 19.8 Å². The predicted octanol–water partition coefficient (Wildman–Crippen LogP) is 2.13. The Balaban J connectivity index is 1.55. The number of phenolic OH excluding ortho intramolecular Hbond substituents is 1. The number of hydrogen-bond donors (Lipinski definition) is 2. The van der Waals surface area contributed by atoms with E-state index in [1.54, 1.807) is 12.4 Å². The number of nitrogens with one attached hydrogen (secondary N) is 1. The molecule has 0 radical (unpaired) electrons. The zero-order chi connectivity index (χ0) is 17.8. The molecule has 136 valence electrons. The van der Waals surface area contributed by atoms with Gasteiger partial charge < -0.3 is 15.0 Å². The Bertz CT molecular complexity index is 840. The number of likely N-dealkylation sites (tertiary alicyclic amines) is 1. The van der Waals surface area contributed by atoms with Gasteiger partial charge in [0.1, 0.15) is 11.4 Å². The molecule has 4 saturated heterocycles. The predicted molar refractivity (Wildman–Crippen MR) is 97.1 cm³/mol. The summed E-state index contributed by atoms with van der Waals surface area (Å²) in [6.45, 7) is 4.82. The Kier molecular flexibility index (Phi) is 3.57. The van der Waals surface area contributed by atoms with E-state index in [1.807, 2.05) is 19.1 Å². The number of carbonyl (C=O) groups is 1. The fourth-order valence-electron chi connectivity index (χ4n) is 5.41. The average molecular weight is 352 g/mol. The number of benzene rings is 1. The molecule has 2 aromatic rings. The molecule has 0 saturated carbocycles. The van der Waals surface area contributed by atoms with E-state index in [0.717, 1.165) is 37.2 Å². The van der Waals surface area contributed by atoms with E-state index in [4.69, 9.17) is 0 Å². The third kappa shape index (κ3) is 2.28. The van der Waals surface area contributed by atoms with Gasteiger partial charge in [-0.2, -0.15) is 0 Å². The van der Waals surface area contributed by atoms with Crippen molar-refractivity contribution < 1.29 is 9.90 Å². The first kappa shape index (κ1) is 15.9. The molecule has 6 heteroatoms. The summed E-state index contributed by atoms with van der Waals surface area (Å²) in [5, 5.41) is 9.95. The number of piperidine rings is 3. The minimum absolute atomic E-state index is 0.0372. The number of amides is 1. The van der Waals surface area contributed by atoms with Gasteiger partial charge in [-0.05, 0) is 56.5 Å². The highest BCUT2D eigenvalue weighted by Crippen LogP contribution is 2.47. The summed E-state index contributed by atoms with van der Waals surface area (Å²) >= 11 is 0. The van der Waals surface area contributed by atoms with Gasteiger partial charge in [-0.15, -0.1) is 0 Å². The largest absolute Gasteiger partial charge is 0.508 e. The summed E-state index contributed by atoms with van der Waals surface area (Å²) in [4.78, 5) is 25.2. The summed E-state index contributed by atoms with van der Waals surface area (Å²) in [5.41, 5.74) is 2.49. The number of H-pyrrole nitrogens is 1. The number of aryl methyl sites for hydroxylation is 1. The molecule has 5 heterocycles. The van der Waals surface area contributed by atoms with E-state index >= 15 is 0 Å². The lowest BCUT2D eigenvalue weighted by atomic mass is 9.75. The third-order valence-corrected chi connectivity index (χ3v) is 6.59. The molecule has 1 aromatic carbocycles. The van der Waals surface area contributed by atoms with Crippen molar-refractivity contribution in [2.45, 2.75) is 37.8 Å². The molecule has 1 amide bonds. The van der Waals surface area contributed by atoms with Crippen LogP contribution in [-0.2, 0) is 0 Å². The molecule has 6 nitrogen and oxygen atoms in total. The number of aromatic nitrogens is 2. The van der Waals surface area contributed by atoms with Crippen LogP contribution in [0.3, 0.4) is 0 Å². The van der Waals surface area contributed by atoms with Crippen LogP contribution >= 0.6 is 0 Å². The van der Waals surface area contributed by atoms with Crippen LogP contribution in [0.4, 0.5) is 0 Å². The van der Waals surface area contributed by atoms with Crippen LogP contribution in [-0.4, -0.2) is 62.5 Å². The summed E-state index contributed by atoms with van der Waals surface area (Å²) in [7, 11) is 0. The van der Waals surface area contributed by atoms with Gasteiger partial charge in [0.2, 0.25) is 0 Å². The highest BCUT2D eigenvalue weighted by molar-refractivity contribution is 5.94. The monoisotopic (exact) mass is 352 g/mol. The number of imidazole rings is 1. The Hall–Kier alpha value is -2.34. The standard InChI is InChI=1S/C20H24N4O2/c1-12-17(22-11-21-12)20(26)24-10-16(14-3-2-4-15(25)9-14)19-18(24)13-5-7-23(19)8-6-13/h2-4,9,11,13,16,18-19,25H,5-8,10H2,1H3,(H,21,22)/t16-,18+,19+/m0/s1. The molecular formula is C20H24N4O2. The molecule has 0 unspecified atom stereocenters. The fourth-order valence-corrected chi connectivity index (χ4v) is 5.41. The van der Waals surface area contributed by atoms with Gasteiger partial charge in [-0.25, -0.2) is 4.98 Å². The van der Waals surface area contributed by atoms with Crippen molar-refractivity contribution in [2.24, 2.45) is 5.92 Å². The number of aromatic amines is 1. The maximum absolute atomic E-state index is 13.3. The Labute approximate surface area is 152 Å². The molecule has 0 spiro atoms. The molecule has 3 atom stereocenters. The second-order valence-electron chi connectivity index (χ2n) is 7.89. The van der Waals surface area contributed by atoms with Crippen molar-refractivity contribution in [3.8, 4) is 5.75 Å². The van der Waals surface area contributed by atoms with Gasteiger partial charge in [0.15, 0.2) is 0 Å². The first-order chi connectivity index (χ1) is 12.6. The average Bonchev–Trinajstić information content (AvgIpc) is 3.27. The van der Waals surface area contributed by atoms with Gasteiger partial charge in [-0.1, -0.05) is 12.1 Å². The van der Waals surface area contributed by atoms with Gasteiger partial charge in [-0.3, -0.25) is 9.69 Å². The minimum atomic E-state index is 0.0372. The summed E-state index contributed by atoms with van der Waals surface area (Å²) < 4.78 is 0. The number of fused-ring (bicyclic) bond motifs is 2. The molecule has 26 heavy (non-hydrogen) atoms. The molecular weight excluding hydrogens is 328 g/mol. The van der Waals surface area contributed by atoms with E-state index in [0.29, 0.717) is 29.9 Å².